The maximum absolute atomic E-state index is 12.6. The molecule has 3 rings (SSSR count). The summed E-state index contributed by atoms with van der Waals surface area (Å²) in [6.07, 6.45) is 4.83. The van der Waals surface area contributed by atoms with Gasteiger partial charge in [0.2, 0.25) is 5.91 Å². The van der Waals surface area contributed by atoms with Crippen LogP contribution in [0.2, 0.25) is 0 Å². The number of rotatable bonds is 4. The van der Waals surface area contributed by atoms with Crippen molar-refractivity contribution in [3.05, 3.63) is 39.4 Å². The molecule has 2 aliphatic rings. The first-order valence-electron chi connectivity index (χ1n) is 8.81. The maximum atomic E-state index is 12.6. The lowest BCUT2D eigenvalue weighted by molar-refractivity contribution is -0.385. The number of nitrogens with zero attached hydrogens (tertiary/aromatic N) is 2. The number of hydrogen-bond acceptors (Lipinski definition) is 4. The van der Waals surface area contributed by atoms with Crippen LogP contribution in [0.4, 0.5) is 5.69 Å². The van der Waals surface area contributed by atoms with Gasteiger partial charge in [-0.15, -0.1) is 0 Å². The van der Waals surface area contributed by atoms with Crippen molar-refractivity contribution in [2.75, 3.05) is 13.1 Å². The molecule has 7 nitrogen and oxygen atoms in total. The Morgan fingerprint density at radius 2 is 1.96 bits per heavy atom. The summed E-state index contributed by atoms with van der Waals surface area (Å²) >= 11 is 0. The maximum Gasteiger partial charge on any atom is 0.282 e. The second kappa shape index (κ2) is 7.21. The number of nitro benzene ring substituents is 1. The van der Waals surface area contributed by atoms with Gasteiger partial charge in [0.1, 0.15) is 5.56 Å². The van der Waals surface area contributed by atoms with Crippen LogP contribution in [-0.2, 0) is 4.79 Å². The summed E-state index contributed by atoms with van der Waals surface area (Å²) in [5.74, 6) is -0.118. The molecule has 1 aromatic rings. The fourth-order valence-electron chi connectivity index (χ4n) is 3.87. The van der Waals surface area contributed by atoms with Crippen LogP contribution in [0.25, 0.3) is 0 Å². The highest BCUT2D eigenvalue weighted by Crippen LogP contribution is 2.28. The average Bonchev–Trinajstić information content (AvgIpc) is 3.25. The van der Waals surface area contributed by atoms with Crippen molar-refractivity contribution in [3.63, 3.8) is 0 Å². The van der Waals surface area contributed by atoms with Gasteiger partial charge in [0, 0.05) is 31.1 Å². The zero-order chi connectivity index (χ0) is 18.0. The van der Waals surface area contributed by atoms with Gasteiger partial charge in [-0.3, -0.25) is 19.7 Å². The lowest BCUT2D eigenvalue weighted by Crippen LogP contribution is -2.40. The van der Waals surface area contributed by atoms with Crippen LogP contribution in [0, 0.1) is 23.0 Å². The largest absolute Gasteiger partial charge is 0.347 e. The van der Waals surface area contributed by atoms with Crippen molar-refractivity contribution >= 4 is 17.5 Å². The van der Waals surface area contributed by atoms with Gasteiger partial charge in [0.15, 0.2) is 0 Å². The van der Waals surface area contributed by atoms with Crippen LogP contribution in [0.3, 0.4) is 0 Å². The van der Waals surface area contributed by atoms with Crippen molar-refractivity contribution in [1.29, 1.82) is 0 Å². The predicted octanol–water partition coefficient (Wildman–Crippen LogP) is 2.42. The molecule has 2 fully saturated rings. The SMILES string of the molecule is Cc1cccc([N+](=O)[O-])c1C(=O)N[C@H]1CCN(C(=O)C2CCCC2)C1. The van der Waals surface area contributed by atoms with Gasteiger partial charge in [-0.1, -0.05) is 25.0 Å². The number of nitrogens with one attached hydrogen (secondary N) is 1. The van der Waals surface area contributed by atoms with Gasteiger partial charge in [0.25, 0.3) is 11.6 Å². The zero-order valence-electron chi connectivity index (χ0n) is 14.4. The van der Waals surface area contributed by atoms with E-state index in [9.17, 15) is 19.7 Å². The fraction of sp³-hybridized carbons (Fsp3) is 0.556. The van der Waals surface area contributed by atoms with Crippen molar-refractivity contribution in [3.8, 4) is 0 Å². The topological polar surface area (TPSA) is 92.5 Å². The third kappa shape index (κ3) is 3.65. The van der Waals surface area contributed by atoms with Crippen LogP contribution in [0.1, 0.15) is 48.0 Å². The van der Waals surface area contributed by atoms with Crippen molar-refractivity contribution in [1.82, 2.24) is 10.2 Å². The molecule has 2 amide bonds. The van der Waals surface area contributed by atoms with Crippen molar-refractivity contribution < 1.29 is 14.5 Å². The first-order chi connectivity index (χ1) is 12.0. The van der Waals surface area contributed by atoms with E-state index in [0.29, 0.717) is 25.1 Å². The van der Waals surface area contributed by atoms with E-state index in [4.69, 9.17) is 0 Å². The van der Waals surface area contributed by atoms with Crippen molar-refractivity contribution in [2.45, 2.75) is 45.1 Å². The van der Waals surface area contributed by atoms with E-state index >= 15 is 0 Å². The Balaban J connectivity index is 1.65. The molecule has 1 heterocycles. The lowest BCUT2D eigenvalue weighted by atomic mass is 10.1. The molecule has 7 heteroatoms. The van der Waals surface area contributed by atoms with E-state index in [1.165, 1.54) is 6.07 Å². The Morgan fingerprint density at radius 1 is 1.24 bits per heavy atom. The molecule has 1 aromatic carbocycles. The van der Waals surface area contributed by atoms with Crippen LogP contribution < -0.4 is 5.32 Å². The minimum Gasteiger partial charge on any atom is -0.347 e. The number of carbonyl (C=O) groups is 2. The van der Waals surface area contributed by atoms with E-state index < -0.39 is 10.8 Å². The number of benzene rings is 1. The van der Waals surface area contributed by atoms with Crippen LogP contribution in [-0.4, -0.2) is 40.8 Å². The zero-order valence-corrected chi connectivity index (χ0v) is 14.4. The smallest absolute Gasteiger partial charge is 0.282 e. The molecule has 1 saturated carbocycles. The quantitative estimate of drug-likeness (QED) is 0.670. The summed E-state index contributed by atoms with van der Waals surface area (Å²) in [6.45, 7) is 2.81. The van der Waals surface area contributed by atoms with Gasteiger partial charge in [0.05, 0.1) is 4.92 Å². The molecule has 1 saturated heterocycles. The minimum atomic E-state index is -0.535. The molecule has 0 aromatic heterocycles. The summed E-state index contributed by atoms with van der Waals surface area (Å²) < 4.78 is 0. The van der Waals surface area contributed by atoms with Gasteiger partial charge in [-0.25, -0.2) is 0 Å². The standard InChI is InChI=1S/C18H23N3O4/c1-12-5-4-8-15(21(24)25)16(12)17(22)19-14-9-10-20(11-14)18(23)13-6-2-3-7-13/h4-5,8,13-14H,2-3,6-7,9-11H2,1H3,(H,19,22)/t14-/m0/s1. The fourth-order valence-corrected chi connectivity index (χ4v) is 3.87. The average molecular weight is 345 g/mol. The number of hydrogen-bond donors (Lipinski definition) is 1. The Kier molecular flexibility index (Phi) is 5.01. The molecule has 134 valence electrons. The Labute approximate surface area is 146 Å². The third-order valence-electron chi connectivity index (χ3n) is 5.21. The Hall–Kier alpha value is -2.44. The highest BCUT2D eigenvalue weighted by molar-refractivity contribution is 5.99. The number of aryl methyl sites for hydroxylation is 1. The van der Waals surface area contributed by atoms with Gasteiger partial charge < -0.3 is 10.2 Å². The molecule has 0 spiro atoms. The van der Waals surface area contributed by atoms with Gasteiger partial charge >= 0.3 is 0 Å². The molecule has 0 unspecified atom stereocenters. The van der Waals surface area contributed by atoms with E-state index in [0.717, 1.165) is 25.7 Å². The second-order valence-corrected chi connectivity index (χ2v) is 6.95. The molecule has 25 heavy (non-hydrogen) atoms. The second-order valence-electron chi connectivity index (χ2n) is 6.95. The summed E-state index contributed by atoms with van der Waals surface area (Å²) in [6, 6.07) is 4.44. The summed E-state index contributed by atoms with van der Waals surface area (Å²) in [4.78, 5) is 37.5. The van der Waals surface area contributed by atoms with Crippen LogP contribution >= 0.6 is 0 Å². The minimum absolute atomic E-state index is 0.105. The van der Waals surface area contributed by atoms with Crippen LogP contribution in [0.15, 0.2) is 18.2 Å². The number of nitro groups is 1. The molecule has 0 radical (unpaired) electrons. The molecule has 1 aliphatic carbocycles. The third-order valence-corrected chi connectivity index (χ3v) is 5.21. The highest BCUT2D eigenvalue weighted by Gasteiger charge is 2.33. The molecule has 1 atom stereocenters. The molecular formula is C18H23N3O4. The summed E-state index contributed by atoms with van der Waals surface area (Å²) in [7, 11) is 0. The molecule has 0 bridgehead atoms. The van der Waals surface area contributed by atoms with Crippen molar-refractivity contribution in [2.24, 2.45) is 5.92 Å². The monoisotopic (exact) mass is 345 g/mol. The first-order valence-corrected chi connectivity index (χ1v) is 8.81. The summed E-state index contributed by atoms with van der Waals surface area (Å²) in [5, 5.41) is 14.0. The normalized spacial score (nSPS) is 20.7. The van der Waals surface area contributed by atoms with Crippen LogP contribution in [0.5, 0.6) is 0 Å². The van der Waals surface area contributed by atoms with E-state index in [1.807, 2.05) is 4.90 Å². The highest BCUT2D eigenvalue weighted by atomic mass is 16.6. The summed E-state index contributed by atoms with van der Waals surface area (Å²) in [5.41, 5.74) is 0.492. The number of carbonyl (C=O) groups excluding carboxylic acids is 2. The molecule has 1 aliphatic heterocycles. The van der Waals surface area contributed by atoms with E-state index in [2.05, 4.69) is 5.32 Å². The van der Waals surface area contributed by atoms with E-state index in [1.54, 1.807) is 19.1 Å². The van der Waals surface area contributed by atoms with E-state index in [-0.39, 0.29) is 29.1 Å². The predicted molar refractivity (Wildman–Crippen MR) is 92.2 cm³/mol. The number of amides is 2. The van der Waals surface area contributed by atoms with Gasteiger partial charge in [-0.2, -0.15) is 0 Å². The Morgan fingerprint density at radius 3 is 2.64 bits per heavy atom. The molecular weight excluding hydrogens is 322 g/mol. The number of likely N-dealkylation sites (tertiary alicyclic amines) is 1. The lowest BCUT2D eigenvalue weighted by Gasteiger charge is -2.20. The van der Waals surface area contributed by atoms with Gasteiger partial charge in [-0.05, 0) is 31.7 Å². The first kappa shape index (κ1) is 17.4. The molecule has 1 N–H and O–H groups in total. The Bertz CT molecular complexity index is 698.